The van der Waals surface area contributed by atoms with Crippen LogP contribution in [0.4, 0.5) is 0 Å². The average Bonchev–Trinajstić information content (AvgIpc) is 2.87. The molecule has 0 radical (unpaired) electrons. The summed E-state index contributed by atoms with van der Waals surface area (Å²) in [5.41, 5.74) is 5.57. The number of fused-ring (bicyclic) bond motifs is 1. The number of carboxylic acids is 1. The van der Waals surface area contributed by atoms with Crippen molar-refractivity contribution in [3.8, 4) is 18.1 Å². The fraction of sp³-hybridized carbons (Fsp3) is 0.267. The van der Waals surface area contributed by atoms with E-state index in [1.165, 1.54) is 7.11 Å². The molecule has 21 heavy (non-hydrogen) atoms. The van der Waals surface area contributed by atoms with Crippen molar-refractivity contribution in [2.75, 3.05) is 13.9 Å². The summed E-state index contributed by atoms with van der Waals surface area (Å²) in [6, 6.07) is 5.41. The van der Waals surface area contributed by atoms with Crippen molar-refractivity contribution in [2.45, 2.75) is 12.0 Å². The number of benzene rings is 1. The normalized spacial score (nSPS) is 13.6. The minimum atomic E-state index is -1.74. The minimum Gasteiger partial charge on any atom is -0.479 e. The first-order chi connectivity index (χ1) is 10.00. The third kappa shape index (κ3) is 2.99. The Kier molecular flexibility index (Phi) is 4.17. The van der Waals surface area contributed by atoms with E-state index in [1.54, 1.807) is 18.3 Å². The molecule has 2 rings (SSSR count). The molecule has 0 saturated heterocycles. The van der Waals surface area contributed by atoms with Crippen molar-refractivity contribution < 1.29 is 19.4 Å². The fourth-order valence-electron chi connectivity index (χ4n) is 2.01. The number of rotatable bonds is 6. The Bertz CT molecular complexity index is 701. The first-order valence-corrected chi connectivity index (χ1v) is 6.22. The molecule has 4 N–H and O–H groups in total. The molecule has 1 aromatic heterocycles. The van der Waals surface area contributed by atoms with Crippen LogP contribution in [0.3, 0.4) is 0 Å². The lowest BCUT2D eigenvalue weighted by molar-refractivity contribution is -0.141. The van der Waals surface area contributed by atoms with Gasteiger partial charge in [0, 0.05) is 30.6 Å². The highest BCUT2D eigenvalue weighted by atomic mass is 16.7. The highest BCUT2D eigenvalue weighted by Crippen LogP contribution is 2.26. The van der Waals surface area contributed by atoms with Crippen molar-refractivity contribution in [2.24, 2.45) is 5.73 Å². The number of carbonyl (C=O) groups is 1. The van der Waals surface area contributed by atoms with Gasteiger partial charge >= 0.3 is 5.97 Å². The van der Waals surface area contributed by atoms with Gasteiger partial charge in [0.25, 0.3) is 0 Å². The van der Waals surface area contributed by atoms with E-state index in [-0.39, 0.29) is 13.2 Å². The molecule has 0 aliphatic rings. The topological polar surface area (TPSA) is 97.6 Å². The number of aromatic amines is 1. The van der Waals surface area contributed by atoms with E-state index in [9.17, 15) is 4.79 Å². The fourth-order valence-corrected chi connectivity index (χ4v) is 2.01. The molecule has 0 aliphatic carbocycles. The van der Waals surface area contributed by atoms with Gasteiger partial charge in [-0.25, -0.2) is 4.79 Å². The van der Waals surface area contributed by atoms with Crippen molar-refractivity contribution in [3.63, 3.8) is 0 Å². The first kappa shape index (κ1) is 14.9. The Morgan fingerprint density at radius 1 is 1.57 bits per heavy atom. The first-order valence-electron chi connectivity index (χ1n) is 6.22. The smallest absolute Gasteiger partial charge is 0.336 e. The lowest BCUT2D eigenvalue weighted by Gasteiger charge is -2.17. The molecule has 110 valence electrons. The Balaban J connectivity index is 2.36. The molecule has 6 nitrogen and oxygen atoms in total. The number of hydrogen-bond donors (Lipinski definition) is 3. The Labute approximate surface area is 121 Å². The number of nitrogens with one attached hydrogen (secondary N) is 1. The summed E-state index contributed by atoms with van der Waals surface area (Å²) in [7, 11) is 1.53. The van der Waals surface area contributed by atoms with Gasteiger partial charge in [-0.3, -0.25) is 0 Å². The van der Waals surface area contributed by atoms with Crippen molar-refractivity contribution in [1.29, 1.82) is 0 Å². The number of carboxylic acid groups (broad SMARTS) is 1. The van der Waals surface area contributed by atoms with Crippen LogP contribution in [0.2, 0.25) is 0 Å². The summed E-state index contributed by atoms with van der Waals surface area (Å²) in [6.45, 7) is 0.131. The van der Waals surface area contributed by atoms with Crippen LogP contribution in [-0.4, -0.2) is 35.5 Å². The summed E-state index contributed by atoms with van der Waals surface area (Å²) in [4.78, 5) is 14.3. The average molecular weight is 288 g/mol. The number of aromatic nitrogens is 1. The second kappa shape index (κ2) is 5.87. The molecular formula is C15H16N2O4. The van der Waals surface area contributed by atoms with Crippen molar-refractivity contribution >= 4 is 16.9 Å². The van der Waals surface area contributed by atoms with Gasteiger partial charge in [-0.15, -0.1) is 6.42 Å². The zero-order valence-corrected chi connectivity index (χ0v) is 11.6. The maximum Gasteiger partial charge on any atom is 0.336 e. The van der Waals surface area contributed by atoms with Crippen LogP contribution in [0.25, 0.3) is 10.9 Å². The summed E-state index contributed by atoms with van der Waals surface area (Å²) in [5, 5.41) is 9.97. The van der Waals surface area contributed by atoms with Crippen LogP contribution >= 0.6 is 0 Å². The number of ether oxygens (including phenoxy) is 2. The number of aliphatic carboxylic acids is 1. The van der Waals surface area contributed by atoms with Crippen molar-refractivity contribution in [1.82, 2.24) is 4.98 Å². The molecule has 1 aromatic carbocycles. The lowest BCUT2D eigenvalue weighted by atomic mass is 9.92. The molecule has 2 aromatic rings. The molecule has 0 fully saturated rings. The van der Waals surface area contributed by atoms with E-state index in [0.29, 0.717) is 5.75 Å². The summed E-state index contributed by atoms with van der Waals surface area (Å²) in [5.74, 6) is 1.53. The molecule has 6 heteroatoms. The van der Waals surface area contributed by atoms with E-state index in [2.05, 4.69) is 10.9 Å². The van der Waals surface area contributed by atoms with Crippen LogP contribution in [-0.2, 0) is 16.0 Å². The Morgan fingerprint density at radius 3 is 2.95 bits per heavy atom. The maximum atomic E-state index is 11.2. The van der Waals surface area contributed by atoms with Gasteiger partial charge in [-0.2, -0.15) is 0 Å². The van der Waals surface area contributed by atoms with E-state index in [4.69, 9.17) is 26.7 Å². The zero-order valence-electron chi connectivity index (χ0n) is 11.6. The van der Waals surface area contributed by atoms with Gasteiger partial charge < -0.3 is 25.3 Å². The summed E-state index contributed by atoms with van der Waals surface area (Å²) >= 11 is 0. The predicted octanol–water partition coefficient (Wildman–Crippen LogP) is 1.11. The van der Waals surface area contributed by atoms with E-state index >= 15 is 0 Å². The number of nitrogens with two attached hydrogens (primary N) is 1. The van der Waals surface area contributed by atoms with E-state index in [0.717, 1.165) is 16.5 Å². The van der Waals surface area contributed by atoms with Crippen LogP contribution in [0.5, 0.6) is 5.75 Å². The minimum absolute atomic E-state index is 0.0204. The quantitative estimate of drug-likeness (QED) is 0.546. The monoisotopic (exact) mass is 288 g/mol. The van der Waals surface area contributed by atoms with E-state index in [1.807, 2.05) is 6.07 Å². The standard InChI is InChI=1S/C15H16N2O4/c1-3-15(16,14(18)19)7-10-8-17-13-5-4-11(6-12(10)13)21-9-20-2/h1,4-6,8,17H,7,9,16H2,2H3,(H,18,19)/t15-/m0/s1. The number of hydrogen-bond acceptors (Lipinski definition) is 4. The van der Waals surface area contributed by atoms with Crippen LogP contribution in [0, 0.1) is 12.3 Å². The third-order valence-corrected chi connectivity index (χ3v) is 3.19. The summed E-state index contributed by atoms with van der Waals surface area (Å²) in [6.07, 6.45) is 6.98. The number of H-pyrrole nitrogens is 1. The number of methoxy groups -OCH3 is 1. The highest BCUT2D eigenvalue weighted by Gasteiger charge is 2.32. The van der Waals surface area contributed by atoms with Crippen LogP contribution in [0.15, 0.2) is 24.4 Å². The van der Waals surface area contributed by atoms with Crippen molar-refractivity contribution in [3.05, 3.63) is 30.0 Å². The van der Waals surface area contributed by atoms with Gasteiger partial charge in [0.1, 0.15) is 5.75 Å². The molecule has 0 bridgehead atoms. The van der Waals surface area contributed by atoms with E-state index < -0.39 is 11.5 Å². The Morgan fingerprint density at radius 2 is 2.33 bits per heavy atom. The Hall–Kier alpha value is -2.49. The molecule has 0 unspecified atom stereocenters. The van der Waals surface area contributed by atoms with Gasteiger partial charge in [0.05, 0.1) is 0 Å². The predicted molar refractivity (Wildman–Crippen MR) is 77.9 cm³/mol. The second-order valence-electron chi connectivity index (χ2n) is 4.67. The molecule has 1 heterocycles. The molecule has 0 amide bonds. The lowest BCUT2D eigenvalue weighted by Crippen LogP contribution is -2.48. The molecule has 0 aliphatic heterocycles. The molecular weight excluding hydrogens is 272 g/mol. The molecule has 1 atom stereocenters. The maximum absolute atomic E-state index is 11.2. The zero-order chi connectivity index (χ0) is 15.5. The molecule has 0 spiro atoms. The van der Waals surface area contributed by atoms with Gasteiger partial charge in [-0.1, -0.05) is 5.92 Å². The third-order valence-electron chi connectivity index (χ3n) is 3.19. The van der Waals surface area contributed by atoms with Gasteiger partial charge in [0.2, 0.25) is 0 Å². The van der Waals surface area contributed by atoms with Crippen LogP contribution in [0.1, 0.15) is 5.56 Å². The number of terminal acetylenes is 1. The largest absolute Gasteiger partial charge is 0.479 e. The second-order valence-corrected chi connectivity index (χ2v) is 4.67. The highest BCUT2D eigenvalue weighted by molar-refractivity contribution is 5.88. The summed E-state index contributed by atoms with van der Waals surface area (Å²) < 4.78 is 10.2. The van der Waals surface area contributed by atoms with Gasteiger partial charge in [0.15, 0.2) is 12.3 Å². The SMILES string of the molecule is C#C[C@](N)(Cc1c[nH]c2ccc(OCOC)cc12)C(=O)O. The molecule has 0 saturated carbocycles. The van der Waals surface area contributed by atoms with Gasteiger partial charge in [-0.05, 0) is 23.8 Å². The van der Waals surface area contributed by atoms with Crippen LogP contribution < -0.4 is 10.5 Å².